The number of sulfonamides is 1. The Kier molecular flexibility index (Phi) is 4.80. The largest absolute Gasteiger partial charge is 0.312 e. The van der Waals surface area contributed by atoms with Crippen molar-refractivity contribution >= 4 is 21.6 Å². The summed E-state index contributed by atoms with van der Waals surface area (Å²) in [4.78, 5) is 13.5. The second kappa shape index (κ2) is 6.41. The number of fused-ring (bicyclic) bond motifs is 1. The van der Waals surface area contributed by atoms with Crippen molar-refractivity contribution < 1.29 is 13.2 Å². The third-order valence-corrected chi connectivity index (χ3v) is 4.96. The molecule has 1 aromatic carbocycles. The molecule has 1 N–H and O–H groups in total. The number of rotatable bonds is 5. The molecule has 0 fully saturated rings. The van der Waals surface area contributed by atoms with E-state index in [0.29, 0.717) is 19.5 Å². The lowest BCUT2D eigenvalue weighted by Crippen LogP contribution is -2.33. The molecule has 0 radical (unpaired) electrons. The van der Waals surface area contributed by atoms with E-state index in [9.17, 15) is 13.2 Å². The minimum atomic E-state index is -3.50. The maximum absolute atomic E-state index is 12.2. The first kappa shape index (κ1) is 15.7. The topological polar surface area (TPSA) is 66.5 Å². The van der Waals surface area contributed by atoms with Crippen LogP contribution in [0, 0.1) is 0 Å². The van der Waals surface area contributed by atoms with Crippen LogP contribution in [-0.4, -0.2) is 27.4 Å². The van der Waals surface area contributed by atoms with Gasteiger partial charge < -0.3 is 4.90 Å². The molecule has 1 aromatic rings. The molecule has 5 nitrogen and oxygen atoms in total. The Balaban J connectivity index is 2.28. The van der Waals surface area contributed by atoms with Gasteiger partial charge in [0.05, 0.1) is 4.90 Å². The highest BCUT2D eigenvalue weighted by Gasteiger charge is 2.22. The Morgan fingerprint density at radius 2 is 2.24 bits per heavy atom. The fourth-order valence-electron chi connectivity index (χ4n) is 2.45. The van der Waals surface area contributed by atoms with Crippen molar-refractivity contribution in [2.75, 3.05) is 18.0 Å². The number of aryl methyl sites for hydroxylation is 1. The van der Waals surface area contributed by atoms with E-state index in [4.69, 9.17) is 0 Å². The van der Waals surface area contributed by atoms with Gasteiger partial charge in [0.2, 0.25) is 15.9 Å². The molecule has 1 aliphatic rings. The van der Waals surface area contributed by atoms with Crippen molar-refractivity contribution in [3.8, 4) is 0 Å². The van der Waals surface area contributed by atoms with Gasteiger partial charge in [0.25, 0.3) is 0 Å². The summed E-state index contributed by atoms with van der Waals surface area (Å²) >= 11 is 0. The maximum atomic E-state index is 12.2. The summed E-state index contributed by atoms with van der Waals surface area (Å²) < 4.78 is 26.9. The van der Waals surface area contributed by atoms with Crippen molar-refractivity contribution in [1.29, 1.82) is 0 Å². The lowest BCUT2D eigenvalue weighted by atomic mass is 10.0. The summed E-state index contributed by atoms with van der Waals surface area (Å²) in [6.45, 7) is 6.11. The molecule has 0 atom stereocenters. The zero-order valence-corrected chi connectivity index (χ0v) is 12.9. The van der Waals surface area contributed by atoms with Crippen molar-refractivity contribution in [3.05, 3.63) is 36.4 Å². The fraction of sp³-hybridized carbons (Fsp3) is 0.400. The van der Waals surface area contributed by atoms with Crippen LogP contribution in [0.5, 0.6) is 0 Å². The minimum absolute atomic E-state index is 0.0179. The highest BCUT2D eigenvalue weighted by atomic mass is 32.2. The standard InChI is InChI=1S/C15H20N2O3S/c1-3-4-9-16-21(19,20)14-7-8-15-13(11-14)6-5-10-17(15)12(2)18/h3,7-8,11,16H,1,4-6,9-10H2,2H3. The molecule has 21 heavy (non-hydrogen) atoms. The first-order chi connectivity index (χ1) is 9.95. The molecule has 1 aliphatic heterocycles. The zero-order valence-electron chi connectivity index (χ0n) is 12.1. The molecule has 1 heterocycles. The van der Waals surface area contributed by atoms with Gasteiger partial charge >= 0.3 is 0 Å². The molecule has 0 spiro atoms. The van der Waals surface area contributed by atoms with Crippen LogP contribution in [-0.2, 0) is 21.2 Å². The number of carbonyl (C=O) groups excluding carboxylic acids is 1. The van der Waals surface area contributed by atoms with Crippen LogP contribution in [0.4, 0.5) is 5.69 Å². The molecule has 6 heteroatoms. The number of carbonyl (C=O) groups is 1. The van der Waals surface area contributed by atoms with Gasteiger partial charge in [-0.05, 0) is 43.0 Å². The first-order valence-electron chi connectivity index (χ1n) is 6.97. The molecule has 0 saturated carbocycles. The van der Waals surface area contributed by atoms with Crippen molar-refractivity contribution in [2.45, 2.75) is 31.1 Å². The van der Waals surface area contributed by atoms with Gasteiger partial charge in [-0.15, -0.1) is 6.58 Å². The monoisotopic (exact) mass is 308 g/mol. The lowest BCUT2D eigenvalue weighted by molar-refractivity contribution is -0.116. The van der Waals surface area contributed by atoms with Gasteiger partial charge in [0.1, 0.15) is 0 Å². The van der Waals surface area contributed by atoms with Crippen molar-refractivity contribution in [2.24, 2.45) is 0 Å². The normalized spacial score (nSPS) is 14.6. The second-order valence-corrected chi connectivity index (χ2v) is 6.81. The van der Waals surface area contributed by atoms with E-state index in [-0.39, 0.29) is 10.8 Å². The first-order valence-corrected chi connectivity index (χ1v) is 8.45. The van der Waals surface area contributed by atoms with E-state index in [0.717, 1.165) is 24.1 Å². The highest BCUT2D eigenvalue weighted by Crippen LogP contribution is 2.29. The van der Waals surface area contributed by atoms with Gasteiger partial charge in [-0.1, -0.05) is 6.08 Å². The van der Waals surface area contributed by atoms with E-state index in [1.807, 2.05) is 0 Å². The number of amides is 1. The summed E-state index contributed by atoms with van der Waals surface area (Å²) in [6.07, 6.45) is 3.89. The number of nitrogens with zero attached hydrogens (tertiary/aromatic N) is 1. The van der Waals surface area contributed by atoms with Crippen LogP contribution >= 0.6 is 0 Å². The number of hydrogen-bond donors (Lipinski definition) is 1. The van der Waals surface area contributed by atoms with E-state index in [1.165, 1.54) is 6.92 Å². The second-order valence-electron chi connectivity index (χ2n) is 5.04. The molecular formula is C15H20N2O3S. The Morgan fingerprint density at radius 1 is 1.48 bits per heavy atom. The summed E-state index contributed by atoms with van der Waals surface area (Å²) in [5, 5.41) is 0. The maximum Gasteiger partial charge on any atom is 0.240 e. The average Bonchev–Trinajstić information content (AvgIpc) is 2.46. The van der Waals surface area contributed by atoms with Gasteiger partial charge in [-0.2, -0.15) is 0 Å². The predicted octanol–water partition coefficient (Wildman–Crippen LogP) is 1.84. The minimum Gasteiger partial charge on any atom is -0.312 e. The zero-order chi connectivity index (χ0) is 15.5. The van der Waals surface area contributed by atoms with Gasteiger partial charge in [-0.25, -0.2) is 13.1 Å². The van der Waals surface area contributed by atoms with Crippen LogP contribution in [0.25, 0.3) is 0 Å². The number of anilines is 1. The third kappa shape index (κ3) is 3.51. The van der Waals surface area contributed by atoms with Crippen LogP contribution in [0.1, 0.15) is 25.3 Å². The number of hydrogen-bond acceptors (Lipinski definition) is 3. The average molecular weight is 308 g/mol. The highest BCUT2D eigenvalue weighted by molar-refractivity contribution is 7.89. The van der Waals surface area contributed by atoms with Crippen LogP contribution in [0.15, 0.2) is 35.7 Å². The van der Waals surface area contributed by atoms with Crippen LogP contribution in [0.3, 0.4) is 0 Å². The van der Waals surface area contributed by atoms with Gasteiger partial charge in [-0.3, -0.25) is 4.79 Å². The molecule has 0 unspecified atom stereocenters. The molecule has 114 valence electrons. The van der Waals surface area contributed by atoms with E-state index >= 15 is 0 Å². The van der Waals surface area contributed by atoms with Crippen molar-refractivity contribution in [3.63, 3.8) is 0 Å². The molecule has 2 rings (SSSR count). The molecule has 0 saturated heterocycles. The molecule has 1 amide bonds. The Morgan fingerprint density at radius 3 is 2.90 bits per heavy atom. The van der Waals surface area contributed by atoms with E-state index in [1.54, 1.807) is 29.2 Å². The third-order valence-electron chi connectivity index (χ3n) is 3.50. The van der Waals surface area contributed by atoms with E-state index < -0.39 is 10.0 Å². The summed E-state index contributed by atoms with van der Waals surface area (Å²) in [7, 11) is -3.50. The molecular weight excluding hydrogens is 288 g/mol. The number of nitrogens with one attached hydrogen (secondary N) is 1. The van der Waals surface area contributed by atoms with Crippen LogP contribution < -0.4 is 9.62 Å². The Labute approximate surface area is 125 Å². The molecule has 0 aromatic heterocycles. The quantitative estimate of drug-likeness (QED) is 0.667. The lowest BCUT2D eigenvalue weighted by Gasteiger charge is -2.28. The molecule has 0 aliphatic carbocycles. The van der Waals surface area contributed by atoms with Crippen LogP contribution in [0.2, 0.25) is 0 Å². The smallest absolute Gasteiger partial charge is 0.240 e. The number of benzene rings is 1. The summed E-state index contributed by atoms with van der Waals surface area (Å²) in [5.74, 6) is -0.0179. The Hall–Kier alpha value is -1.66. The summed E-state index contributed by atoms with van der Waals surface area (Å²) in [6, 6.07) is 4.94. The van der Waals surface area contributed by atoms with E-state index in [2.05, 4.69) is 11.3 Å². The van der Waals surface area contributed by atoms with Gasteiger partial charge in [0.15, 0.2) is 0 Å². The SMILES string of the molecule is C=CCCNS(=O)(=O)c1ccc2c(c1)CCCN2C(C)=O. The summed E-state index contributed by atoms with van der Waals surface area (Å²) in [5.41, 5.74) is 1.72. The van der Waals surface area contributed by atoms with Crippen molar-refractivity contribution in [1.82, 2.24) is 4.72 Å². The van der Waals surface area contributed by atoms with Gasteiger partial charge in [0, 0.05) is 25.7 Å². The Bertz CT molecular complexity index is 653. The molecule has 0 bridgehead atoms. The predicted molar refractivity (Wildman–Crippen MR) is 82.8 cm³/mol. The fourth-order valence-corrected chi connectivity index (χ4v) is 3.54.